The van der Waals surface area contributed by atoms with E-state index < -0.39 is 0 Å². The van der Waals surface area contributed by atoms with Crippen molar-refractivity contribution in [1.82, 2.24) is 0 Å². The standard InChI is InChI=1S/C7H12S/c1-6-2-4-7(8)5-3-6/h2,7-8H,3-5H2,1H3/t7-/m0/s1. The highest BCUT2D eigenvalue weighted by molar-refractivity contribution is 7.80. The Morgan fingerprint density at radius 2 is 2.50 bits per heavy atom. The van der Waals surface area contributed by atoms with Crippen molar-refractivity contribution in [1.29, 1.82) is 0 Å². The molecule has 0 aromatic heterocycles. The molecule has 1 aliphatic carbocycles. The predicted molar refractivity (Wildman–Crippen MR) is 40.4 cm³/mol. The molecular weight excluding hydrogens is 116 g/mol. The Balaban J connectivity index is 2.42. The van der Waals surface area contributed by atoms with Gasteiger partial charge < -0.3 is 0 Å². The summed E-state index contributed by atoms with van der Waals surface area (Å²) in [5, 5.41) is 0.638. The van der Waals surface area contributed by atoms with E-state index in [2.05, 4.69) is 25.6 Å². The fourth-order valence-corrected chi connectivity index (χ4v) is 1.19. The van der Waals surface area contributed by atoms with Gasteiger partial charge in [-0.15, -0.1) is 0 Å². The molecule has 0 heterocycles. The number of thiol groups is 1. The molecule has 1 rings (SSSR count). The van der Waals surface area contributed by atoms with Crippen molar-refractivity contribution in [3.05, 3.63) is 11.6 Å². The smallest absolute Gasteiger partial charge is 0.00544 e. The fraction of sp³-hybridized carbons (Fsp3) is 0.714. The summed E-state index contributed by atoms with van der Waals surface area (Å²) in [5.41, 5.74) is 1.54. The zero-order valence-corrected chi connectivity index (χ0v) is 6.12. The molecule has 0 radical (unpaired) electrons. The fourth-order valence-electron chi connectivity index (χ4n) is 0.951. The van der Waals surface area contributed by atoms with Crippen LogP contribution >= 0.6 is 12.6 Å². The van der Waals surface area contributed by atoms with Gasteiger partial charge in [-0.25, -0.2) is 0 Å². The third kappa shape index (κ3) is 1.55. The van der Waals surface area contributed by atoms with Gasteiger partial charge in [-0.1, -0.05) is 11.6 Å². The van der Waals surface area contributed by atoms with Crippen LogP contribution in [0.4, 0.5) is 0 Å². The molecular formula is C7H12S. The lowest BCUT2D eigenvalue weighted by atomic mass is 10.0. The molecule has 0 unspecified atom stereocenters. The molecule has 0 saturated heterocycles. The van der Waals surface area contributed by atoms with E-state index in [1.54, 1.807) is 0 Å². The van der Waals surface area contributed by atoms with Crippen molar-refractivity contribution in [2.45, 2.75) is 31.4 Å². The molecule has 0 saturated carbocycles. The topological polar surface area (TPSA) is 0 Å². The highest BCUT2D eigenvalue weighted by Gasteiger charge is 2.06. The highest BCUT2D eigenvalue weighted by Crippen LogP contribution is 2.20. The molecule has 1 atom stereocenters. The second-order valence-corrected chi connectivity index (χ2v) is 3.21. The van der Waals surface area contributed by atoms with Crippen molar-refractivity contribution >= 4 is 12.6 Å². The Bertz CT molecular complexity index is 105. The Kier molecular flexibility index (Phi) is 2.01. The van der Waals surface area contributed by atoms with Gasteiger partial charge in [0.1, 0.15) is 0 Å². The SMILES string of the molecule is CC1=CC[C@H](S)CC1. The van der Waals surface area contributed by atoms with E-state index in [4.69, 9.17) is 0 Å². The van der Waals surface area contributed by atoms with Crippen LogP contribution in [0.15, 0.2) is 11.6 Å². The Hall–Kier alpha value is 0.0900. The monoisotopic (exact) mass is 128 g/mol. The number of hydrogen-bond acceptors (Lipinski definition) is 1. The number of allylic oxidation sites excluding steroid dienone is 2. The van der Waals surface area contributed by atoms with Crippen LogP contribution in [0.5, 0.6) is 0 Å². The van der Waals surface area contributed by atoms with Crippen LogP contribution in [0, 0.1) is 0 Å². The zero-order valence-electron chi connectivity index (χ0n) is 5.22. The minimum Gasteiger partial charge on any atom is -0.176 e. The van der Waals surface area contributed by atoms with Gasteiger partial charge in [0.2, 0.25) is 0 Å². The molecule has 0 aromatic carbocycles. The van der Waals surface area contributed by atoms with Gasteiger partial charge in [0.25, 0.3) is 0 Å². The Morgan fingerprint density at radius 1 is 1.75 bits per heavy atom. The molecule has 0 amide bonds. The largest absolute Gasteiger partial charge is 0.176 e. The molecule has 8 heavy (non-hydrogen) atoms. The van der Waals surface area contributed by atoms with Gasteiger partial charge in [0, 0.05) is 5.25 Å². The number of rotatable bonds is 0. The third-order valence-corrected chi connectivity index (χ3v) is 2.08. The molecule has 0 N–H and O–H groups in total. The van der Waals surface area contributed by atoms with Gasteiger partial charge in [-0.05, 0) is 26.2 Å². The first kappa shape index (κ1) is 6.21. The van der Waals surface area contributed by atoms with Gasteiger partial charge in [-0.3, -0.25) is 0 Å². The quantitative estimate of drug-likeness (QED) is 0.376. The van der Waals surface area contributed by atoms with Crippen LogP contribution in [0.1, 0.15) is 26.2 Å². The van der Waals surface area contributed by atoms with Crippen molar-refractivity contribution < 1.29 is 0 Å². The Labute approximate surface area is 56.4 Å². The summed E-state index contributed by atoms with van der Waals surface area (Å²) < 4.78 is 0. The summed E-state index contributed by atoms with van der Waals surface area (Å²) in [6, 6.07) is 0. The van der Waals surface area contributed by atoms with Gasteiger partial charge in [0.05, 0.1) is 0 Å². The first-order valence-electron chi connectivity index (χ1n) is 3.13. The zero-order chi connectivity index (χ0) is 5.98. The van der Waals surface area contributed by atoms with Gasteiger partial charge >= 0.3 is 0 Å². The molecule has 1 heteroatoms. The lowest BCUT2D eigenvalue weighted by Gasteiger charge is -2.13. The first-order chi connectivity index (χ1) is 3.79. The normalized spacial score (nSPS) is 29.8. The van der Waals surface area contributed by atoms with Crippen molar-refractivity contribution in [3.63, 3.8) is 0 Å². The van der Waals surface area contributed by atoms with E-state index in [0.29, 0.717) is 5.25 Å². The maximum atomic E-state index is 4.36. The van der Waals surface area contributed by atoms with E-state index in [0.717, 1.165) is 0 Å². The summed E-state index contributed by atoms with van der Waals surface area (Å²) in [5.74, 6) is 0. The molecule has 0 nitrogen and oxygen atoms in total. The minimum atomic E-state index is 0.638. The van der Waals surface area contributed by atoms with E-state index in [1.165, 1.54) is 24.8 Å². The average Bonchev–Trinajstić information content (AvgIpc) is 1.77. The summed E-state index contributed by atoms with van der Waals surface area (Å²) in [6.45, 7) is 2.19. The van der Waals surface area contributed by atoms with Crippen molar-refractivity contribution in [2.24, 2.45) is 0 Å². The predicted octanol–water partition coefficient (Wildman–Crippen LogP) is 2.42. The molecule has 0 aliphatic heterocycles. The van der Waals surface area contributed by atoms with Crippen LogP contribution in [0.3, 0.4) is 0 Å². The lowest BCUT2D eigenvalue weighted by Crippen LogP contribution is -2.02. The van der Waals surface area contributed by atoms with E-state index in [-0.39, 0.29) is 0 Å². The molecule has 0 bridgehead atoms. The van der Waals surface area contributed by atoms with Crippen LogP contribution in [-0.2, 0) is 0 Å². The first-order valence-corrected chi connectivity index (χ1v) is 3.64. The van der Waals surface area contributed by atoms with Crippen LogP contribution < -0.4 is 0 Å². The summed E-state index contributed by atoms with van der Waals surface area (Å²) in [6.07, 6.45) is 6.00. The highest BCUT2D eigenvalue weighted by atomic mass is 32.1. The maximum absolute atomic E-state index is 4.36. The molecule has 0 spiro atoms. The van der Waals surface area contributed by atoms with Crippen LogP contribution in [-0.4, -0.2) is 5.25 Å². The Morgan fingerprint density at radius 3 is 2.88 bits per heavy atom. The van der Waals surface area contributed by atoms with Crippen molar-refractivity contribution in [2.75, 3.05) is 0 Å². The van der Waals surface area contributed by atoms with Crippen LogP contribution in [0.2, 0.25) is 0 Å². The summed E-state index contributed by atoms with van der Waals surface area (Å²) >= 11 is 4.36. The van der Waals surface area contributed by atoms with E-state index >= 15 is 0 Å². The van der Waals surface area contributed by atoms with Gasteiger partial charge in [0.15, 0.2) is 0 Å². The molecule has 0 aromatic rings. The average molecular weight is 128 g/mol. The molecule has 0 fully saturated rings. The van der Waals surface area contributed by atoms with Crippen LogP contribution in [0.25, 0.3) is 0 Å². The lowest BCUT2D eigenvalue weighted by molar-refractivity contribution is 0.722. The molecule has 46 valence electrons. The van der Waals surface area contributed by atoms with E-state index in [9.17, 15) is 0 Å². The second kappa shape index (κ2) is 2.58. The minimum absolute atomic E-state index is 0.638. The number of hydrogen-bond donors (Lipinski definition) is 1. The van der Waals surface area contributed by atoms with Gasteiger partial charge in [-0.2, -0.15) is 12.6 Å². The summed E-state index contributed by atoms with van der Waals surface area (Å²) in [7, 11) is 0. The molecule has 1 aliphatic rings. The van der Waals surface area contributed by atoms with E-state index in [1.807, 2.05) is 0 Å². The third-order valence-electron chi connectivity index (χ3n) is 1.61. The second-order valence-electron chi connectivity index (χ2n) is 2.48. The maximum Gasteiger partial charge on any atom is 0.00544 e. The summed E-state index contributed by atoms with van der Waals surface area (Å²) in [4.78, 5) is 0. The van der Waals surface area contributed by atoms with Crippen molar-refractivity contribution in [3.8, 4) is 0 Å².